The summed E-state index contributed by atoms with van der Waals surface area (Å²) in [6, 6.07) is 5.16. The van der Waals surface area contributed by atoms with E-state index in [4.69, 9.17) is 5.73 Å². The lowest BCUT2D eigenvalue weighted by Crippen LogP contribution is -2.24. The van der Waals surface area contributed by atoms with Gasteiger partial charge in [0.25, 0.3) is 0 Å². The lowest BCUT2D eigenvalue weighted by molar-refractivity contribution is -0.120. The molecule has 1 unspecified atom stereocenters. The molecule has 4 nitrogen and oxygen atoms in total. The molecule has 0 fully saturated rings. The van der Waals surface area contributed by atoms with Crippen LogP contribution >= 0.6 is 0 Å². The van der Waals surface area contributed by atoms with Gasteiger partial charge in [0.1, 0.15) is 0 Å². The number of carbonyl (C=O) groups excluding carboxylic acids is 1. The van der Waals surface area contributed by atoms with E-state index in [1.165, 1.54) is 0 Å². The van der Waals surface area contributed by atoms with Crippen LogP contribution in [0, 0.1) is 0 Å². The number of carbonyl (C=O) groups is 1. The Balaban J connectivity index is 2.59. The Morgan fingerprint density at radius 1 is 1.69 bits per heavy atom. The number of rotatable bonds is 3. The highest BCUT2D eigenvalue weighted by Gasteiger charge is 2.10. The number of nitrogens with two attached hydrogens (primary N) is 1. The van der Waals surface area contributed by atoms with Gasteiger partial charge in [-0.2, -0.15) is 0 Å². The predicted octanol–water partition coefficient (Wildman–Crippen LogP) is 0.217. The number of hydrogen-bond donors (Lipinski definition) is 2. The number of aromatic nitrogens is 1. The van der Waals surface area contributed by atoms with E-state index in [0.29, 0.717) is 0 Å². The van der Waals surface area contributed by atoms with Gasteiger partial charge in [0.05, 0.1) is 11.7 Å². The summed E-state index contributed by atoms with van der Waals surface area (Å²) in [5.41, 5.74) is 6.49. The summed E-state index contributed by atoms with van der Waals surface area (Å²) in [5.74, 6) is -0.0712. The number of pyridine rings is 1. The summed E-state index contributed by atoms with van der Waals surface area (Å²) < 4.78 is 0. The summed E-state index contributed by atoms with van der Waals surface area (Å²) >= 11 is 0. The number of nitrogens with zero attached hydrogens (tertiary/aromatic N) is 1. The van der Waals surface area contributed by atoms with Crippen molar-refractivity contribution < 1.29 is 4.79 Å². The molecule has 70 valence electrons. The standard InChI is InChI=1S/C9H13N3O/c1-11-9(13)6-7(10)8-4-2-3-5-12-8/h2-5,7H,6,10H2,1H3,(H,11,13). The second-order valence-electron chi connectivity index (χ2n) is 2.74. The van der Waals surface area contributed by atoms with Crippen LogP contribution in [0.5, 0.6) is 0 Å². The quantitative estimate of drug-likeness (QED) is 0.697. The van der Waals surface area contributed by atoms with Gasteiger partial charge in [0.15, 0.2) is 0 Å². The van der Waals surface area contributed by atoms with Crippen LogP contribution in [0.1, 0.15) is 18.2 Å². The van der Waals surface area contributed by atoms with Gasteiger partial charge in [0, 0.05) is 19.7 Å². The highest BCUT2D eigenvalue weighted by atomic mass is 16.1. The molecule has 0 aromatic carbocycles. The first-order chi connectivity index (χ1) is 6.24. The Morgan fingerprint density at radius 2 is 2.46 bits per heavy atom. The third-order valence-corrected chi connectivity index (χ3v) is 1.75. The first-order valence-corrected chi connectivity index (χ1v) is 4.11. The van der Waals surface area contributed by atoms with Crippen LogP contribution in [0.25, 0.3) is 0 Å². The van der Waals surface area contributed by atoms with E-state index < -0.39 is 0 Å². The third-order valence-electron chi connectivity index (χ3n) is 1.75. The lowest BCUT2D eigenvalue weighted by Gasteiger charge is -2.08. The summed E-state index contributed by atoms with van der Waals surface area (Å²) in [5, 5.41) is 2.52. The molecule has 0 aliphatic rings. The molecule has 3 N–H and O–H groups in total. The zero-order valence-electron chi connectivity index (χ0n) is 7.53. The van der Waals surface area contributed by atoms with Crippen LogP contribution in [0.15, 0.2) is 24.4 Å². The third kappa shape index (κ3) is 2.83. The molecule has 0 radical (unpaired) electrons. The van der Waals surface area contributed by atoms with Crippen molar-refractivity contribution in [2.24, 2.45) is 5.73 Å². The molecule has 1 aromatic rings. The summed E-state index contributed by atoms with van der Waals surface area (Å²) in [7, 11) is 1.59. The first kappa shape index (κ1) is 9.67. The zero-order chi connectivity index (χ0) is 9.68. The van der Waals surface area contributed by atoms with Gasteiger partial charge < -0.3 is 11.1 Å². The van der Waals surface area contributed by atoms with Crippen molar-refractivity contribution in [2.75, 3.05) is 7.05 Å². The molecule has 1 aromatic heterocycles. The fourth-order valence-corrected chi connectivity index (χ4v) is 1.00. The van der Waals surface area contributed by atoms with Gasteiger partial charge >= 0.3 is 0 Å². The first-order valence-electron chi connectivity index (χ1n) is 4.11. The van der Waals surface area contributed by atoms with Crippen molar-refractivity contribution in [3.8, 4) is 0 Å². The van der Waals surface area contributed by atoms with Crippen LogP contribution in [0.3, 0.4) is 0 Å². The normalized spacial score (nSPS) is 12.2. The van der Waals surface area contributed by atoms with Gasteiger partial charge in [-0.3, -0.25) is 9.78 Å². The van der Waals surface area contributed by atoms with Crippen LogP contribution in [-0.4, -0.2) is 17.9 Å². The highest BCUT2D eigenvalue weighted by molar-refractivity contribution is 5.76. The second kappa shape index (κ2) is 4.57. The van der Waals surface area contributed by atoms with Gasteiger partial charge in [-0.05, 0) is 12.1 Å². The molecule has 1 heterocycles. The van der Waals surface area contributed by atoms with Gasteiger partial charge in [-0.15, -0.1) is 0 Å². The fraction of sp³-hybridized carbons (Fsp3) is 0.333. The van der Waals surface area contributed by atoms with Crippen molar-refractivity contribution in [1.29, 1.82) is 0 Å². The molecule has 0 saturated heterocycles. The molecule has 0 aliphatic carbocycles. The van der Waals surface area contributed by atoms with Crippen LogP contribution in [0.2, 0.25) is 0 Å². The number of hydrogen-bond acceptors (Lipinski definition) is 3. The number of amides is 1. The molecular formula is C9H13N3O. The maximum Gasteiger partial charge on any atom is 0.221 e. The van der Waals surface area contributed by atoms with E-state index in [1.807, 2.05) is 18.2 Å². The molecule has 0 saturated carbocycles. The second-order valence-corrected chi connectivity index (χ2v) is 2.74. The minimum Gasteiger partial charge on any atom is -0.359 e. The summed E-state index contributed by atoms with van der Waals surface area (Å²) in [4.78, 5) is 15.0. The Bertz CT molecular complexity index is 273. The van der Waals surface area contributed by atoms with Crippen LogP contribution < -0.4 is 11.1 Å². The Morgan fingerprint density at radius 3 is 3.00 bits per heavy atom. The average Bonchev–Trinajstić information content (AvgIpc) is 2.19. The van der Waals surface area contributed by atoms with Crippen molar-refractivity contribution in [1.82, 2.24) is 10.3 Å². The smallest absolute Gasteiger partial charge is 0.221 e. The van der Waals surface area contributed by atoms with E-state index >= 15 is 0 Å². The van der Waals surface area contributed by atoms with Crippen LogP contribution in [0.4, 0.5) is 0 Å². The lowest BCUT2D eigenvalue weighted by atomic mass is 10.1. The zero-order valence-corrected chi connectivity index (χ0v) is 7.53. The molecule has 1 amide bonds. The summed E-state index contributed by atoms with van der Waals surface area (Å²) in [6.45, 7) is 0. The van der Waals surface area contributed by atoms with Crippen molar-refractivity contribution in [2.45, 2.75) is 12.5 Å². The van der Waals surface area contributed by atoms with Gasteiger partial charge in [-0.1, -0.05) is 6.07 Å². The topological polar surface area (TPSA) is 68.0 Å². The Kier molecular flexibility index (Phi) is 3.40. The molecule has 0 spiro atoms. The monoisotopic (exact) mass is 179 g/mol. The molecule has 1 rings (SSSR count). The van der Waals surface area contributed by atoms with E-state index in [2.05, 4.69) is 10.3 Å². The minimum absolute atomic E-state index is 0.0712. The van der Waals surface area contributed by atoms with E-state index in [1.54, 1.807) is 13.2 Å². The minimum atomic E-state index is -0.318. The Hall–Kier alpha value is -1.42. The van der Waals surface area contributed by atoms with E-state index in [9.17, 15) is 4.79 Å². The van der Waals surface area contributed by atoms with E-state index in [0.717, 1.165) is 5.69 Å². The van der Waals surface area contributed by atoms with Crippen molar-refractivity contribution in [3.05, 3.63) is 30.1 Å². The predicted molar refractivity (Wildman–Crippen MR) is 49.8 cm³/mol. The summed E-state index contributed by atoms with van der Waals surface area (Å²) in [6.07, 6.45) is 1.94. The maximum atomic E-state index is 11.0. The molecule has 4 heteroatoms. The fourth-order valence-electron chi connectivity index (χ4n) is 1.00. The molecule has 1 atom stereocenters. The molecule has 13 heavy (non-hydrogen) atoms. The number of nitrogens with one attached hydrogen (secondary N) is 1. The Labute approximate surface area is 77.2 Å². The molecule has 0 bridgehead atoms. The van der Waals surface area contributed by atoms with Crippen LogP contribution in [-0.2, 0) is 4.79 Å². The molecule has 0 aliphatic heterocycles. The molecular weight excluding hydrogens is 166 g/mol. The van der Waals surface area contributed by atoms with Gasteiger partial charge in [0.2, 0.25) is 5.91 Å². The van der Waals surface area contributed by atoms with E-state index in [-0.39, 0.29) is 18.4 Å². The highest BCUT2D eigenvalue weighted by Crippen LogP contribution is 2.09. The van der Waals surface area contributed by atoms with Crippen molar-refractivity contribution >= 4 is 5.91 Å². The average molecular weight is 179 g/mol. The van der Waals surface area contributed by atoms with Gasteiger partial charge in [-0.25, -0.2) is 0 Å². The van der Waals surface area contributed by atoms with Crippen molar-refractivity contribution in [3.63, 3.8) is 0 Å². The maximum absolute atomic E-state index is 11.0. The SMILES string of the molecule is CNC(=O)CC(N)c1ccccn1. The largest absolute Gasteiger partial charge is 0.359 e.